The van der Waals surface area contributed by atoms with Gasteiger partial charge in [-0.3, -0.25) is 4.79 Å². The SMILES string of the molecule is CC(=O)SCCC=Cc1ccc(C)c(F)c1. The van der Waals surface area contributed by atoms with E-state index in [-0.39, 0.29) is 10.9 Å². The van der Waals surface area contributed by atoms with Gasteiger partial charge in [-0.2, -0.15) is 0 Å². The summed E-state index contributed by atoms with van der Waals surface area (Å²) in [5, 5.41) is 0.134. The third-order valence-corrected chi connectivity index (χ3v) is 2.94. The normalized spacial score (nSPS) is 10.9. The Morgan fingerprint density at radius 3 is 2.88 bits per heavy atom. The number of carbonyl (C=O) groups excluding carboxylic acids is 1. The molecule has 0 aliphatic heterocycles. The van der Waals surface area contributed by atoms with Gasteiger partial charge in [0.1, 0.15) is 5.82 Å². The van der Waals surface area contributed by atoms with Crippen LogP contribution in [-0.2, 0) is 4.79 Å². The lowest BCUT2D eigenvalue weighted by molar-refractivity contribution is -0.109. The predicted molar refractivity (Wildman–Crippen MR) is 67.9 cm³/mol. The van der Waals surface area contributed by atoms with Gasteiger partial charge in [0.15, 0.2) is 5.12 Å². The van der Waals surface area contributed by atoms with E-state index in [0.29, 0.717) is 5.56 Å². The van der Waals surface area contributed by atoms with Crippen LogP contribution in [-0.4, -0.2) is 10.9 Å². The number of hydrogen-bond donors (Lipinski definition) is 0. The fourth-order valence-electron chi connectivity index (χ4n) is 1.20. The molecule has 0 aromatic heterocycles. The van der Waals surface area contributed by atoms with Crippen molar-refractivity contribution in [3.8, 4) is 0 Å². The largest absolute Gasteiger partial charge is 0.288 e. The first-order valence-corrected chi connectivity index (χ1v) is 6.14. The zero-order valence-electron chi connectivity index (χ0n) is 9.50. The van der Waals surface area contributed by atoms with Crippen LogP contribution in [0.4, 0.5) is 4.39 Å². The zero-order valence-corrected chi connectivity index (χ0v) is 10.3. The maximum atomic E-state index is 13.2. The number of thioether (sulfide) groups is 1. The molecule has 16 heavy (non-hydrogen) atoms. The molecule has 0 fully saturated rings. The lowest BCUT2D eigenvalue weighted by atomic mass is 10.1. The lowest BCUT2D eigenvalue weighted by Gasteiger charge is -1.97. The van der Waals surface area contributed by atoms with Crippen molar-refractivity contribution in [1.29, 1.82) is 0 Å². The molecule has 1 nitrogen and oxygen atoms in total. The maximum absolute atomic E-state index is 13.2. The summed E-state index contributed by atoms with van der Waals surface area (Å²) in [5.41, 5.74) is 1.51. The van der Waals surface area contributed by atoms with E-state index in [1.54, 1.807) is 19.9 Å². The minimum absolute atomic E-state index is 0.134. The molecule has 0 saturated carbocycles. The van der Waals surface area contributed by atoms with Crippen LogP contribution in [0.2, 0.25) is 0 Å². The first-order valence-electron chi connectivity index (χ1n) is 5.15. The number of aryl methyl sites for hydroxylation is 1. The van der Waals surface area contributed by atoms with Crippen LogP contribution in [0.25, 0.3) is 6.08 Å². The highest BCUT2D eigenvalue weighted by Gasteiger charge is 1.96. The molecule has 0 saturated heterocycles. The van der Waals surface area contributed by atoms with Crippen molar-refractivity contribution >= 4 is 23.0 Å². The summed E-state index contributed by atoms with van der Waals surface area (Å²) < 4.78 is 13.2. The summed E-state index contributed by atoms with van der Waals surface area (Å²) in [7, 11) is 0. The second-order valence-corrected chi connectivity index (χ2v) is 4.81. The molecule has 0 aliphatic carbocycles. The van der Waals surface area contributed by atoms with Gasteiger partial charge in [0.25, 0.3) is 0 Å². The van der Waals surface area contributed by atoms with Crippen LogP contribution in [0.1, 0.15) is 24.5 Å². The molecular weight excluding hydrogens is 223 g/mol. The third kappa shape index (κ3) is 4.62. The van der Waals surface area contributed by atoms with Gasteiger partial charge in [-0.25, -0.2) is 4.39 Å². The highest BCUT2D eigenvalue weighted by molar-refractivity contribution is 8.13. The summed E-state index contributed by atoms with van der Waals surface area (Å²) >= 11 is 1.31. The Morgan fingerprint density at radius 2 is 2.25 bits per heavy atom. The Balaban J connectivity index is 2.44. The summed E-state index contributed by atoms with van der Waals surface area (Å²) in [6.45, 7) is 3.30. The van der Waals surface area contributed by atoms with Gasteiger partial charge in [0, 0.05) is 12.7 Å². The predicted octanol–water partition coefficient (Wildman–Crippen LogP) is 3.82. The van der Waals surface area contributed by atoms with E-state index in [2.05, 4.69) is 0 Å². The minimum Gasteiger partial charge on any atom is -0.288 e. The smallest absolute Gasteiger partial charge is 0.185 e. The molecular formula is C13H15FOS. The molecule has 1 aromatic carbocycles. The van der Waals surface area contributed by atoms with Crippen molar-refractivity contribution in [2.45, 2.75) is 20.3 Å². The van der Waals surface area contributed by atoms with E-state index in [1.807, 2.05) is 18.2 Å². The monoisotopic (exact) mass is 238 g/mol. The fourth-order valence-corrected chi connectivity index (χ4v) is 1.74. The fraction of sp³-hybridized carbons (Fsp3) is 0.308. The van der Waals surface area contributed by atoms with Crippen LogP contribution in [0, 0.1) is 12.7 Å². The van der Waals surface area contributed by atoms with Crippen molar-refractivity contribution in [3.63, 3.8) is 0 Å². The summed E-state index contributed by atoms with van der Waals surface area (Å²) in [5.74, 6) is 0.598. The molecule has 0 spiro atoms. The Kier molecular flexibility index (Phi) is 5.26. The Labute approximate surface area is 99.7 Å². The highest BCUT2D eigenvalue weighted by Crippen LogP contribution is 2.11. The van der Waals surface area contributed by atoms with Crippen LogP contribution >= 0.6 is 11.8 Å². The van der Waals surface area contributed by atoms with Crippen LogP contribution in [0.3, 0.4) is 0 Å². The number of hydrogen-bond acceptors (Lipinski definition) is 2. The molecule has 0 amide bonds. The quantitative estimate of drug-likeness (QED) is 0.742. The van der Waals surface area contributed by atoms with Gasteiger partial charge in [0.2, 0.25) is 0 Å². The molecule has 0 heterocycles. The third-order valence-electron chi connectivity index (χ3n) is 2.10. The molecule has 1 aromatic rings. The van der Waals surface area contributed by atoms with Crippen LogP contribution < -0.4 is 0 Å². The molecule has 0 aliphatic rings. The second-order valence-electron chi connectivity index (χ2n) is 3.54. The maximum Gasteiger partial charge on any atom is 0.185 e. The number of rotatable bonds is 4. The Bertz CT molecular complexity index is 399. The highest BCUT2D eigenvalue weighted by atomic mass is 32.2. The number of carbonyl (C=O) groups is 1. The standard InChI is InChI=1S/C13H15FOS/c1-10-6-7-12(9-13(10)14)5-3-4-8-16-11(2)15/h3,5-7,9H,4,8H2,1-2H3. The van der Waals surface area contributed by atoms with Gasteiger partial charge in [-0.1, -0.05) is 36.0 Å². The van der Waals surface area contributed by atoms with Crippen molar-refractivity contribution in [1.82, 2.24) is 0 Å². The lowest BCUT2D eigenvalue weighted by Crippen LogP contribution is -1.84. The molecule has 0 unspecified atom stereocenters. The average molecular weight is 238 g/mol. The van der Waals surface area contributed by atoms with E-state index in [9.17, 15) is 9.18 Å². The molecule has 86 valence electrons. The number of halogens is 1. The molecule has 1 rings (SSSR count). The van der Waals surface area contributed by atoms with E-state index >= 15 is 0 Å². The van der Waals surface area contributed by atoms with E-state index in [1.165, 1.54) is 17.8 Å². The van der Waals surface area contributed by atoms with Gasteiger partial charge in [0.05, 0.1) is 0 Å². The van der Waals surface area contributed by atoms with Crippen molar-refractivity contribution in [2.24, 2.45) is 0 Å². The van der Waals surface area contributed by atoms with Crippen molar-refractivity contribution < 1.29 is 9.18 Å². The molecule has 0 N–H and O–H groups in total. The van der Waals surface area contributed by atoms with Gasteiger partial charge < -0.3 is 0 Å². The average Bonchev–Trinajstić information content (AvgIpc) is 2.22. The van der Waals surface area contributed by atoms with E-state index < -0.39 is 0 Å². The first kappa shape index (κ1) is 13.0. The molecule has 3 heteroatoms. The topological polar surface area (TPSA) is 17.1 Å². The summed E-state index contributed by atoms with van der Waals surface area (Å²) in [4.78, 5) is 10.6. The van der Waals surface area contributed by atoms with Gasteiger partial charge >= 0.3 is 0 Å². The zero-order chi connectivity index (χ0) is 12.0. The number of allylic oxidation sites excluding steroid dienone is 1. The summed E-state index contributed by atoms with van der Waals surface area (Å²) in [6.07, 6.45) is 4.66. The van der Waals surface area contributed by atoms with Gasteiger partial charge in [-0.15, -0.1) is 0 Å². The van der Waals surface area contributed by atoms with Crippen LogP contribution in [0.5, 0.6) is 0 Å². The Morgan fingerprint density at radius 1 is 1.50 bits per heavy atom. The summed E-state index contributed by atoms with van der Waals surface area (Å²) in [6, 6.07) is 5.16. The number of benzene rings is 1. The second kappa shape index (κ2) is 6.48. The van der Waals surface area contributed by atoms with Crippen molar-refractivity contribution in [3.05, 3.63) is 41.2 Å². The first-order chi connectivity index (χ1) is 7.59. The van der Waals surface area contributed by atoms with Crippen molar-refractivity contribution in [2.75, 3.05) is 5.75 Å². The van der Waals surface area contributed by atoms with E-state index in [0.717, 1.165) is 17.7 Å². The van der Waals surface area contributed by atoms with Gasteiger partial charge in [-0.05, 0) is 30.5 Å². The van der Waals surface area contributed by atoms with Crippen LogP contribution in [0.15, 0.2) is 24.3 Å². The van der Waals surface area contributed by atoms with E-state index in [4.69, 9.17) is 0 Å². The Hall–Kier alpha value is -1.09. The molecule has 0 bridgehead atoms. The minimum atomic E-state index is -0.180. The molecule has 0 atom stereocenters. The molecule has 0 radical (unpaired) electrons.